The molecule has 186 valence electrons. The number of amides is 2. The molecule has 0 saturated heterocycles. The topological polar surface area (TPSA) is 89.0 Å². The molecule has 36 heavy (non-hydrogen) atoms. The molecule has 0 spiro atoms. The molecule has 4 rings (SSSR count). The minimum Gasteiger partial charge on any atom is -0.490 e. The highest BCUT2D eigenvalue weighted by Crippen LogP contribution is 2.34. The van der Waals surface area contributed by atoms with Gasteiger partial charge < -0.3 is 20.1 Å². The van der Waals surface area contributed by atoms with Crippen LogP contribution in [0.4, 0.5) is 5.69 Å². The summed E-state index contributed by atoms with van der Waals surface area (Å²) >= 11 is 19.1. The number of benzene rings is 3. The van der Waals surface area contributed by atoms with Crippen LogP contribution in [0.5, 0.6) is 5.75 Å². The normalized spacial score (nSPS) is 14.9. The number of nitrogens with one attached hydrogen (secondary N) is 2. The molecule has 1 aliphatic heterocycles. The third-order valence-corrected chi connectivity index (χ3v) is 6.20. The van der Waals surface area contributed by atoms with Gasteiger partial charge in [0.15, 0.2) is 0 Å². The first-order valence-electron chi connectivity index (χ1n) is 10.9. The molecule has 1 heterocycles. The number of aryl methyl sites for hydroxylation is 1. The summed E-state index contributed by atoms with van der Waals surface area (Å²) in [6.07, 6.45) is -1.28. The number of para-hydroxylation sites is 1. The molecule has 2 N–H and O–H groups in total. The number of hydrogen-bond donors (Lipinski definition) is 2. The predicted molar refractivity (Wildman–Crippen MR) is 142 cm³/mol. The maximum Gasteiger partial charge on any atom is 0.269 e. The first-order valence-corrected chi connectivity index (χ1v) is 12.1. The Bertz CT molecular complexity index is 1340. The van der Waals surface area contributed by atoms with Crippen LogP contribution >= 0.6 is 34.8 Å². The molecule has 1 unspecified atom stereocenters. The van der Waals surface area contributed by atoms with Gasteiger partial charge in [-0.05, 0) is 37.3 Å². The van der Waals surface area contributed by atoms with Gasteiger partial charge in [-0.2, -0.15) is 0 Å². The van der Waals surface area contributed by atoms with E-state index in [0.717, 1.165) is 5.56 Å². The molecule has 0 radical (unpaired) electrons. The number of rotatable bonds is 7. The summed E-state index contributed by atoms with van der Waals surface area (Å²) in [7, 11) is 1.56. The first-order chi connectivity index (χ1) is 17.3. The van der Waals surface area contributed by atoms with Crippen LogP contribution in [-0.4, -0.2) is 44.0 Å². The molecule has 3 aromatic carbocycles. The number of anilines is 1. The maximum absolute atomic E-state index is 13.3. The number of fused-ring (bicyclic) bond motifs is 1. The Balaban J connectivity index is 1.75. The maximum atomic E-state index is 13.3. The Hall–Kier alpha value is -3.10. The Morgan fingerprint density at radius 3 is 2.50 bits per heavy atom. The predicted octanol–water partition coefficient (Wildman–Crippen LogP) is 5.53. The largest absolute Gasteiger partial charge is 0.490 e. The van der Waals surface area contributed by atoms with Crippen molar-refractivity contribution in [1.82, 2.24) is 5.32 Å². The fraction of sp³-hybridized carbons (Fsp3) is 0.192. The molecular formula is C26H22Cl3N3O4. The molecule has 10 heteroatoms. The van der Waals surface area contributed by atoms with E-state index in [1.54, 1.807) is 55.6 Å². The van der Waals surface area contributed by atoms with Gasteiger partial charge in [0.25, 0.3) is 11.8 Å². The minimum absolute atomic E-state index is 0.257. The van der Waals surface area contributed by atoms with E-state index in [2.05, 4.69) is 15.6 Å². The van der Waals surface area contributed by atoms with Gasteiger partial charge in [-0.1, -0.05) is 64.6 Å². The molecule has 1 aliphatic rings. The van der Waals surface area contributed by atoms with Crippen LogP contribution in [0, 0.1) is 6.92 Å². The van der Waals surface area contributed by atoms with E-state index in [1.807, 2.05) is 13.0 Å². The van der Waals surface area contributed by atoms with Crippen LogP contribution in [-0.2, 0) is 9.53 Å². The van der Waals surface area contributed by atoms with E-state index in [9.17, 15) is 9.59 Å². The molecule has 0 aromatic heterocycles. The lowest BCUT2D eigenvalue weighted by Gasteiger charge is -2.16. The van der Waals surface area contributed by atoms with E-state index in [0.29, 0.717) is 39.9 Å². The highest BCUT2D eigenvalue weighted by Gasteiger charge is 2.30. The van der Waals surface area contributed by atoms with E-state index in [1.165, 1.54) is 0 Å². The van der Waals surface area contributed by atoms with Crippen LogP contribution in [0.1, 0.15) is 27.0 Å². The van der Waals surface area contributed by atoms with Crippen molar-refractivity contribution in [3.05, 3.63) is 91.9 Å². The molecule has 0 bridgehead atoms. The van der Waals surface area contributed by atoms with E-state index >= 15 is 0 Å². The van der Waals surface area contributed by atoms with Gasteiger partial charge in [0.05, 0.1) is 33.6 Å². The van der Waals surface area contributed by atoms with Crippen LogP contribution in [0.2, 0.25) is 15.1 Å². The summed E-state index contributed by atoms with van der Waals surface area (Å²) < 4.78 is 10.7. The van der Waals surface area contributed by atoms with Crippen molar-refractivity contribution in [1.29, 1.82) is 0 Å². The molecule has 7 nitrogen and oxygen atoms in total. The zero-order chi connectivity index (χ0) is 25.8. The summed E-state index contributed by atoms with van der Waals surface area (Å²) in [6, 6.07) is 15.4. The second-order valence-corrected chi connectivity index (χ2v) is 9.22. The minimum atomic E-state index is -1.28. The summed E-state index contributed by atoms with van der Waals surface area (Å²) in [4.78, 5) is 31.1. The fourth-order valence-electron chi connectivity index (χ4n) is 3.71. The first kappa shape index (κ1) is 26.0. The molecule has 2 amide bonds. The smallest absolute Gasteiger partial charge is 0.269 e. The van der Waals surface area contributed by atoms with Gasteiger partial charge in [0, 0.05) is 23.3 Å². The molecule has 0 fully saturated rings. The fourth-order valence-corrected chi connectivity index (χ4v) is 4.70. The Morgan fingerprint density at radius 2 is 1.78 bits per heavy atom. The molecular weight excluding hydrogens is 525 g/mol. The standard InChI is InChI=1S/C26H22Cl3N3O4/c1-14-7-8-21(36-10-9-35-2)17(11-14)25(33)32-24-26(34)30-20-6-4-3-5-16(20)23(31-24)22-18(28)12-15(27)13-19(22)29/h3-8,11-13,24H,9-10H2,1-2H3,(H,30,34)(H,32,33). The second-order valence-electron chi connectivity index (χ2n) is 7.97. The number of carbonyl (C=O) groups excluding carboxylic acids is 2. The van der Waals surface area contributed by atoms with Gasteiger partial charge in [-0.25, -0.2) is 4.99 Å². The zero-order valence-corrected chi connectivity index (χ0v) is 21.7. The Kier molecular flexibility index (Phi) is 8.16. The molecule has 0 aliphatic carbocycles. The number of methoxy groups -OCH3 is 1. The Morgan fingerprint density at radius 1 is 1.06 bits per heavy atom. The number of hydrogen-bond acceptors (Lipinski definition) is 5. The lowest BCUT2D eigenvalue weighted by atomic mass is 10.0. The van der Waals surface area contributed by atoms with Crippen molar-refractivity contribution in [2.24, 2.45) is 4.99 Å². The average molecular weight is 547 g/mol. The number of nitrogens with zero attached hydrogens (tertiary/aromatic N) is 1. The summed E-state index contributed by atoms with van der Waals surface area (Å²) in [5.74, 6) is -0.699. The number of benzodiazepines with no additional fused rings is 1. The van der Waals surface area contributed by atoms with Gasteiger partial charge >= 0.3 is 0 Å². The van der Waals surface area contributed by atoms with Crippen molar-refractivity contribution in [3.8, 4) is 5.75 Å². The second kappa shape index (κ2) is 11.3. The molecule has 1 atom stereocenters. The van der Waals surface area contributed by atoms with Crippen molar-refractivity contribution >= 4 is 58.0 Å². The van der Waals surface area contributed by atoms with Crippen LogP contribution in [0.25, 0.3) is 0 Å². The SMILES string of the molecule is COCCOc1ccc(C)cc1C(=O)NC1N=C(c2c(Cl)cc(Cl)cc2Cl)c2ccccc2NC1=O. The van der Waals surface area contributed by atoms with Gasteiger partial charge in [-0.15, -0.1) is 0 Å². The van der Waals surface area contributed by atoms with Gasteiger partial charge in [-0.3, -0.25) is 9.59 Å². The lowest BCUT2D eigenvalue weighted by molar-refractivity contribution is -0.117. The number of carbonyl (C=O) groups is 2. The number of ether oxygens (including phenoxy) is 2. The highest BCUT2D eigenvalue weighted by molar-refractivity contribution is 6.44. The number of halogens is 3. The third kappa shape index (κ3) is 5.65. The quantitative estimate of drug-likeness (QED) is 0.382. The van der Waals surface area contributed by atoms with Crippen molar-refractivity contribution in [3.63, 3.8) is 0 Å². The zero-order valence-electron chi connectivity index (χ0n) is 19.4. The summed E-state index contributed by atoms with van der Waals surface area (Å²) in [5, 5.41) is 6.40. The van der Waals surface area contributed by atoms with Crippen molar-refractivity contribution in [2.45, 2.75) is 13.1 Å². The van der Waals surface area contributed by atoms with Crippen LogP contribution < -0.4 is 15.4 Å². The summed E-state index contributed by atoms with van der Waals surface area (Å²) in [6.45, 7) is 2.47. The Labute approximate surface area is 223 Å². The lowest BCUT2D eigenvalue weighted by Crippen LogP contribution is -2.42. The van der Waals surface area contributed by atoms with Crippen LogP contribution in [0.15, 0.2) is 59.6 Å². The van der Waals surface area contributed by atoms with Gasteiger partial charge in [0.2, 0.25) is 6.17 Å². The highest BCUT2D eigenvalue weighted by atomic mass is 35.5. The molecule has 3 aromatic rings. The van der Waals surface area contributed by atoms with Crippen molar-refractivity contribution in [2.75, 3.05) is 25.6 Å². The summed E-state index contributed by atoms with van der Waals surface area (Å²) in [5.41, 5.74) is 2.93. The van der Waals surface area contributed by atoms with E-state index in [-0.39, 0.29) is 22.2 Å². The third-order valence-electron chi connectivity index (χ3n) is 5.38. The monoisotopic (exact) mass is 545 g/mol. The van der Waals surface area contributed by atoms with E-state index in [4.69, 9.17) is 44.3 Å². The van der Waals surface area contributed by atoms with Gasteiger partial charge in [0.1, 0.15) is 12.4 Å². The van der Waals surface area contributed by atoms with Crippen molar-refractivity contribution < 1.29 is 19.1 Å². The van der Waals surface area contributed by atoms with Crippen LogP contribution in [0.3, 0.4) is 0 Å². The number of aliphatic imine (C=N–C) groups is 1. The molecule has 0 saturated carbocycles. The van der Waals surface area contributed by atoms with E-state index < -0.39 is 18.0 Å². The average Bonchev–Trinajstić information content (AvgIpc) is 2.96.